The number of carbonyl (C=O) groups excluding carboxylic acids is 2. The molecule has 0 saturated heterocycles. The van der Waals surface area contributed by atoms with Crippen molar-refractivity contribution >= 4 is 46.9 Å². The maximum atomic E-state index is 11.9. The number of benzene rings is 2. The summed E-state index contributed by atoms with van der Waals surface area (Å²) >= 11 is 11.7. The number of methoxy groups -OCH3 is 1. The Kier molecular flexibility index (Phi) is 8.34. The monoisotopic (exact) mass is 433 g/mol. The Morgan fingerprint density at radius 3 is 2.62 bits per heavy atom. The fraction of sp³-hybridized carbons (Fsp3) is 0.150. The Morgan fingerprint density at radius 1 is 1.14 bits per heavy atom. The summed E-state index contributed by atoms with van der Waals surface area (Å²) in [5.74, 6) is 2.22. The smallest absolute Gasteiger partial charge is 0.249 e. The third-order valence-electron chi connectivity index (χ3n) is 3.43. The van der Waals surface area contributed by atoms with Gasteiger partial charge in [0.25, 0.3) is 0 Å². The van der Waals surface area contributed by atoms with Crippen LogP contribution < -0.4 is 20.2 Å². The largest absolute Gasteiger partial charge is 0.493 e. The highest BCUT2D eigenvalue weighted by atomic mass is 35.5. The van der Waals surface area contributed by atoms with Gasteiger partial charge in [-0.2, -0.15) is 5.10 Å². The van der Waals surface area contributed by atoms with E-state index in [1.165, 1.54) is 19.4 Å². The van der Waals surface area contributed by atoms with Crippen LogP contribution in [0, 0.1) is 12.3 Å². The van der Waals surface area contributed by atoms with Gasteiger partial charge >= 0.3 is 0 Å². The number of amides is 2. The minimum absolute atomic E-state index is 0.115. The Morgan fingerprint density at radius 2 is 1.93 bits per heavy atom. The summed E-state index contributed by atoms with van der Waals surface area (Å²) in [5.41, 5.74) is 3.36. The van der Waals surface area contributed by atoms with Crippen LogP contribution in [0.5, 0.6) is 11.5 Å². The van der Waals surface area contributed by atoms with Crippen LogP contribution in [-0.4, -0.2) is 31.7 Å². The van der Waals surface area contributed by atoms with Crippen molar-refractivity contribution in [1.29, 1.82) is 0 Å². The third-order valence-corrected chi connectivity index (χ3v) is 4.17. The van der Waals surface area contributed by atoms with E-state index in [-0.39, 0.29) is 6.61 Å². The predicted molar refractivity (Wildman–Crippen MR) is 113 cm³/mol. The lowest BCUT2D eigenvalue weighted by atomic mass is 10.2. The number of nitrogens with zero attached hydrogens (tertiary/aromatic N) is 1. The van der Waals surface area contributed by atoms with Gasteiger partial charge in [0.15, 0.2) is 11.5 Å². The molecule has 0 aromatic heterocycles. The van der Waals surface area contributed by atoms with Gasteiger partial charge in [-0.3, -0.25) is 9.59 Å². The number of ether oxygens (including phenoxy) is 2. The van der Waals surface area contributed by atoms with Crippen LogP contribution in [0.4, 0.5) is 5.69 Å². The predicted octanol–water partition coefficient (Wildman–Crippen LogP) is 3.49. The average Bonchev–Trinajstić information content (AvgIpc) is 2.69. The highest BCUT2D eigenvalue weighted by Gasteiger charge is 2.10. The molecule has 0 aliphatic heterocycles. The zero-order chi connectivity index (χ0) is 21.2. The number of hydrogen-bond donors (Lipinski definition) is 2. The van der Waals surface area contributed by atoms with Crippen molar-refractivity contribution < 1.29 is 19.1 Å². The summed E-state index contributed by atoms with van der Waals surface area (Å²) in [7, 11) is 1.49. The van der Waals surface area contributed by atoms with E-state index in [1.54, 1.807) is 30.3 Å². The number of hydrazone groups is 1. The highest BCUT2D eigenvalue weighted by Crippen LogP contribution is 2.27. The fourth-order valence-corrected chi connectivity index (χ4v) is 2.44. The number of halogens is 2. The molecule has 2 rings (SSSR count). The SMILES string of the molecule is C#CCOc1ccc(C=NNC(=O)CC(=O)Nc2ccc(Cl)c(Cl)c2)cc1OC. The first-order valence-corrected chi connectivity index (χ1v) is 8.99. The van der Waals surface area contributed by atoms with E-state index in [1.807, 2.05) is 0 Å². The standard InChI is InChI=1S/C20H17Cl2N3O4/c1-3-8-29-17-7-4-13(9-18(17)28-2)12-23-25-20(27)11-19(26)24-14-5-6-15(21)16(22)10-14/h1,4-7,9-10,12H,8,11H2,2H3,(H,24,26)(H,25,27). The topological polar surface area (TPSA) is 89.0 Å². The first-order valence-electron chi connectivity index (χ1n) is 8.24. The molecule has 0 fully saturated rings. The third kappa shape index (κ3) is 7.03. The summed E-state index contributed by atoms with van der Waals surface area (Å²) < 4.78 is 10.6. The summed E-state index contributed by atoms with van der Waals surface area (Å²) in [6.07, 6.45) is 6.15. The van der Waals surface area contributed by atoms with Crippen LogP contribution in [0.25, 0.3) is 0 Å². The van der Waals surface area contributed by atoms with Gasteiger partial charge in [-0.05, 0) is 42.0 Å². The highest BCUT2D eigenvalue weighted by molar-refractivity contribution is 6.42. The molecule has 9 heteroatoms. The van der Waals surface area contributed by atoms with E-state index in [9.17, 15) is 9.59 Å². The van der Waals surface area contributed by atoms with Gasteiger partial charge in [-0.1, -0.05) is 29.1 Å². The molecule has 0 aliphatic rings. The van der Waals surface area contributed by atoms with Crippen molar-refractivity contribution in [2.24, 2.45) is 5.10 Å². The zero-order valence-electron chi connectivity index (χ0n) is 15.4. The molecule has 0 bridgehead atoms. The molecule has 0 unspecified atom stereocenters. The first kappa shape index (κ1) is 22.1. The van der Waals surface area contributed by atoms with E-state index in [2.05, 4.69) is 21.8 Å². The molecule has 0 heterocycles. The van der Waals surface area contributed by atoms with Crippen LogP contribution >= 0.6 is 23.2 Å². The molecule has 2 aromatic carbocycles. The van der Waals surface area contributed by atoms with E-state index >= 15 is 0 Å². The normalized spacial score (nSPS) is 10.3. The number of anilines is 1. The molecule has 7 nitrogen and oxygen atoms in total. The lowest BCUT2D eigenvalue weighted by Gasteiger charge is -2.09. The molecule has 29 heavy (non-hydrogen) atoms. The quantitative estimate of drug-likeness (QED) is 0.288. The van der Waals surface area contributed by atoms with E-state index < -0.39 is 18.2 Å². The van der Waals surface area contributed by atoms with Gasteiger partial charge in [-0.15, -0.1) is 6.42 Å². The lowest BCUT2D eigenvalue weighted by molar-refractivity contribution is -0.126. The fourth-order valence-electron chi connectivity index (χ4n) is 2.15. The maximum absolute atomic E-state index is 11.9. The molecule has 2 amide bonds. The zero-order valence-corrected chi connectivity index (χ0v) is 16.9. The average molecular weight is 434 g/mol. The number of carbonyl (C=O) groups is 2. The van der Waals surface area contributed by atoms with Crippen LogP contribution in [0.1, 0.15) is 12.0 Å². The first-order chi connectivity index (χ1) is 13.9. The minimum atomic E-state index is -0.584. The maximum Gasteiger partial charge on any atom is 0.249 e. The van der Waals surface area contributed by atoms with E-state index in [0.717, 1.165) is 0 Å². The van der Waals surface area contributed by atoms with Gasteiger partial charge in [0.05, 0.1) is 23.4 Å². The van der Waals surface area contributed by atoms with Crippen molar-refractivity contribution in [2.45, 2.75) is 6.42 Å². The van der Waals surface area contributed by atoms with Crippen LogP contribution in [0.3, 0.4) is 0 Å². The summed E-state index contributed by atoms with van der Waals surface area (Å²) in [4.78, 5) is 23.8. The van der Waals surface area contributed by atoms with Gasteiger partial charge in [-0.25, -0.2) is 5.43 Å². The molecular formula is C20H17Cl2N3O4. The Hall–Kier alpha value is -3.21. The van der Waals surface area contributed by atoms with Crippen molar-refractivity contribution in [2.75, 3.05) is 19.0 Å². The Bertz CT molecular complexity index is 971. The van der Waals surface area contributed by atoms with Crippen LogP contribution in [-0.2, 0) is 9.59 Å². The van der Waals surface area contributed by atoms with E-state index in [0.29, 0.717) is 32.8 Å². The van der Waals surface area contributed by atoms with Crippen LogP contribution in [0.15, 0.2) is 41.5 Å². The minimum Gasteiger partial charge on any atom is -0.493 e. The van der Waals surface area contributed by atoms with Crippen molar-refractivity contribution in [1.82, 2.24) is 5.43 Å². The summed E-state index contributed by atoms with van der Waals surface area (Å²) in [6.45, 7) is 0.115. The Labute approximate surface area is 178 Å². The van der Waals surface area contributed by atoms with Gasteiger partial charge in [0.2, 0.25) is 11.8 Å². The van der Waals surface area contributed by atoms with Crippen molar-refractivity contribution in [3.63, 3.8) is 0 Å². The second-order valence-electron chi connectivity index (χ2n) is 5.55. The number of hydrogen-bond acceptors (Lipinski definition) is 5. The Balaban J connectivity index is 1.87. The van der Waals surface area contributed by atoms with Crippen molar-refractivity contribution in [3.05, 3.63) is 52.0 Å². The van der Waals surface area contributed by atoms with Gasteiger partial charge in [0, 0.05) is 5.69 Å². The molecule has 0 aliphatic carbocycles. The number of nitrogens with one attached hydrogen (secondary N) is 2. The van der Waals surface area contributed by atoms with Crippen LogP contribution in [0.2, 0.25) is 10.0 Å². The summed E-state index contributed by atoms with van der Waals surface area (Å²) in [5, 5.41) is 7.03. The number of terminal acetylenes is 1. The van der Waals surface area contributed by atoms with Gasteiger partial charge in [0.1, 0.15) is 13.0 Å². The van der Waals surface area contributed by atoms with Gasteiger partial charge < -0.3 is 14.8 Å². The second-order valence-corrected chi connectivity index (χ2v) is 6.36. The molecular weight excluding hydrogens is 417 g/mol. The number of rotatable bonds is 8. The molecule has 2 aromatic rings. The van der Waals surface area contributed by atoms with Crippen molar-refractivity contribution in [3.8, 4) is 23.8 Å². The molecule has 150 valence electrons. The molecule has 0 radical (unpaired) electrons. The van der Waals surface area contributed by atoms with E-state index in [4.69, 9.17) is 39.1 Å². The summed E-state index contributed by atoms with van der Waals surface area (Å²) in [6, 6.07) is 9.65. The molecule has 0 saturated carbocycles. The second kappa shape index (κ2) is 11.0. The molecule has 2 N–H and O–H groups in total. The molecule has 0 spiro atoms. The lowest BCUT2D eigenvalue weighted by Crippen LogP contribution is -2.24. The molecule has 0 atom stereocenters.